The normalized spacial score (nSPS) is 18.1. The van der Waals surface area contributed by atoms with Crippen molar-refractivity contribution in [1.82, 2.24) is 20.1 Å². The largest absolute Gasteiger partial charge is 0.382 e. The molecule has 0 saturated carbocycles. The number of pyridine rings is 1. The lowest BCUT2D eigenvalue weighted by atomic mass is 10.2. The summed E-state index contributed by atoms with van der Waals surface area (Å²) in [5.41, 5.74) is 0.827. The van der Waals surface area contributed by atoms with Crippen LogP contribution in [0.15, 0.2) is 24.4 Å². The molecule has 0 radical (unpaired) electrons. The van der Waals surface area contributed by atoms with Gasteiger partial charge in [-0.3, -0.25) is 14.7 Å². The van der Waals surface area contributed by atoms with Crippen LogP contribution in [-0.2, 0) is 9.53 Å². The third-order valence-electron chi connectivity index (χ3n) is 3.99. The first-order chi connectivity index (χ1) is 10.7. The molecule has 1 aliphatic rings. The van der Waals surface area contributed by atoms with E-state index in [-0.39, 0.29) is 11.9 Å². The molecule has 2 rings (SSSR count). The summed E-state index contributed by atoms with van der Waals surface area (Å²) in [5.74, 6) is 0.0256. The molecule has 1 atom stereocenters. The van der Waals surface area contributed by atoms with Crippen molar-refractivity contribution < 1.29 is 9.53 Å². The van der Waals surface area contributed by atoms with Crippen LogP contribution in [0.3, 0.4) is 0 Å². The van der Waals surface area contributed by atoms with Gasteiger partial charge in [0.15, 0.2) is 0 Å². The van der Waals surface area contributed by atoms with Crippen molar-refractivity contribution in [1.29, 1.82) is 0 Å². The number of carbonyl (C=O) groups is 1. The van der Waals surface area contributed by atoms with E-state index in [2.05, 4.69) is 27.0 Å². The molecular weight excluding hydrogens is 280 g/mol. The number of hydrogen-bond acceptors (Lipinski definition) is 5. The number of piperazine rings is 1. The maximum atomic E-state index is 12.3. The number of methoxy groups -OCH3 is 1. The minimum atomic E-state index is -0.198. The van der Waals surface area contributed by atoms with Crippen molar-refractivity contribution in [3.05, 3.63) is 30.1 Å². The van der Waals surface area contributed by atoms with Crippen LogP contribution in [0.5, 0.6) is 0 Å². The summed E-state index contributed by atoms with van der Waals surface area (Å²) in [4.78, 5) is 21.2. The highest BCUT2D eigenvalue weighted by Gasteiger charge is 2.20. The molecule has 1 saturated heterocycles. The third-order valence-corrected chi connectivity index (χ3v) is 3.99. The first kappa shape index (κ1) is 16.9. The standard InChI is InChI=1S/C16H26N4O2/c1-3-19-8-10-20(11-9-19)12-16(21)18-15(13-22-2)14-6-4-5-7-17-14/h4-7,15H,3,8-13H2,1-2H3,(H,18,21). The molecule has 1 amide bonds. The van der Waals surface area contributed by atoms with Crippen molar-refractivity contribution in [3.8, 4) is 0 Å². The Labute approximate surface area is 132 Å². The van der Waals surface area contributed by atoms with E-state index in [1.54, 1.807) is 13.3 Å². The van der Waals surface area contributed by atoms with Crippen molar-refractivity contribution in [2.24, 2.45) is 0 Å². The van der Waals surface area contributed by atoms with Crippen LogP contribution < -0.4 is 5.32 Å². The van der Waals surface area contributed by atoms with Gasteiger partial charge in [-0.25, -0.2) is 0 Å². The Bertz CT molecular complexity index is 447. The summed E-state index contributed by atoms with van der Waals surface area (Å²) in [6.45, 7) is 8.06. The average molecular weight is 306 g/mol. The minimum absolute atomic E-state index is 0.0256. The van der Waals surface area contributed by atoms with Gasteiger partial charge in [0.2, 0.25) is 5.91 Å². The molecule has 22 heavy (non-hydrogen) atoms. The van der Waals surface area contributed by atoms with E-state index < -0.39 is 0 Å². The topological polar surface area (TPSA) is 57.7 Å². The molecule has 1 aromatic rings. The van der Waals surface area contributed by atoms with Gasteiger partial charge in [-0.15, -0.1) is 0 Å². The second kappa shape index (κ2) is 8.82. The lowest BCUT2D eigenvalue weighted by Crippen LogP contribution is -2.49. The number of nitrogens with one attached hydrogen (secondary N) is 1. The zero-order valence-corrected chi connectivity index (χ0v) is 13.5. The number of amides is 1. The molecule has 1 aromatic heterocycles. The molecule has 1 unspecified atom stereocenters. The van der Waals surface area contributed by atoms with Crippen LogP contribution in [0, 0.1) is 0 Å². The molecule has 0 bridgehead atoms. The molecule has 0 aliphatic carbocycles. The fourth-order valence-electron chi connectivity index (χ4n) is 2.66. The van der Waals surface area contributed by atoms with E-state index >= 15 is 0 Å². The van der Waals surface area contributed by atoms with E-state index in [1.807, 2.05) is 18.2 Å². The van der Waals surface area contributed by atoms with E-state index in [4.69, 9.17) is 4.74 Å². The van der Waals surface area contributed by atoms with Gasteiger partial charge in [-0.05, 0) is 18.7 Å². The van der Waals surface area contributed by atoms with Crippen LogP contribution >= 0.6 is 0 Å². The van der Waals surface area contributed by atoms with Crippen molar-refractivity contribution >= 4 is 5.91 Å². The summed E-state index contributed by atoms with van der Waals surface area (Å²) in [6.07, 6.45) is 1.73. The van der Waals surface area contributed by atoms with E-state index in [0.29, 0.717) is 13.2 Å². The van der Waals surface area contributed by atoms with Crippen LogP contribution in [0.4, 0.5) is 0 Å². The molecule has 2 heterocycles. The molecule has 122 valence electrons. The SMILES string of the molecule is CCN1CCN(CC(=O)NC(COC)c2ccccn2)CC1. The molecule has 6 heteroatoms. The summed E-state index contributed by atoms with van der Waals surface area (Å²) in [7, 11) is 1.63. The lowest BCUT2D eigenvalue weighted by Gasteiger charge is -2.33. The second-order valence-corrected chi connectivity index (χ2v) is 5.54. The summed E-state index contributed by atoms with van der Waals surface area (Å²) in [5, 5.41) is 3.03. The smallest absolute Gasteiger partial charge is 0.234 e. The zero-order valence-electron chi connectivity index (χ0n) is 13.5. The minimum Gasteiger partial charge on any atom is -0.382 e. The van der Waals surface area contributed by atoms with Gasteiger partial charge in [-0.2, -0.15) is 0 Å². The first-order valence-corrected chi connectivity index (χ1v) is 7.87. The summed E-state index contributed by atoms with van der Waals surface area (Å²) in [6, 6.07) is 5.49. The Kier molecular flexibility index (Phi) is 6.76. The van der Waals surface area contributed by atoms with Gasteiger partial charge >= 0.3 is 0 Å². The molecule has 6 nitrogen and oxygen atoms in total. The van der Waals surface area contributed by atoms with E-state index in [1.165, 1.54) is 0 Å². The summed E-state index contributed by atoms with van der Waals surface area (Å²) < 4.78 is 5.20. The number of ether oxygens (including phenoxy) is 1. The lowest BCUT2D eigenvalue weighted by molar-refractivity contribution is -0.123. The Morgan fingerprint density at radius 3 is 2.64 bits per heavy atom. The first-order valence-electron chi connectivity index (χ1n) is 7.87. The molecule has 1 N–H and O–H groups in total. The Balaban J connectivity index is 1.84. The summed E-state index contributed by atoms with van der Waals surface area (Å²) >= 11 is 0. The van der Waals surface area contributed by atoms with Gasteiger partial charge in [0.05, 0.1) is 24.9 Å². The second-order valence-electron chi connectivity index (χ2n) is 5.54. The Hall–Kier alpha value is -1.50. The Morgan fingerprint density at radius 1 is 1.32 bits per heavy atom. The van der Waals surface area contributed by atoms with Crippen LogP contribution in [0.2, 0.25) is 0 Å². The number of carbonyl (C=O) groups excluding carboxylic acids is 1. The average Bonchev–Trinajstić information content (AvgIpc) is 2.56. The number of rotatable bonds is 7. The predicted octanol–water partition coefficient (Wildman–Crippen LogP) is 0.523. The van der Waals surface area contributed by atoms with Crippen molar-refractivity contribution in [2.75, 3.05) is 53.0 Å². The molecule has 1 aliphatic heterocycles. The fourth-order valence-corrected chi connectivity index (χ4v) is 2.66. The molecule has 1 fully saturated rings. The van der Waals surface area contributed by atoms with Gasteiger partial charge in [-0.1, -0.05) is 13.0 Å². The maximum Gasteiger partial charge on any atom is 0.234 e. The third kappa shape index (κ3) is 5.05. The molecule has 0 aromatic carbocycles. The highest BCUT2D eigenvalue weighted by Crippen LogP contribution is 2.10. The van der Waals surface area contributed by atoms with Crippen molar-refractivity contribution in [2.45, 2.75) is 13.0 Å². The molecule has 0 spiro atoms. The Morgan fingerprint density at radius 2 is 2.05 bits per heavy atom. The maximum absolute atomic E-state index is 12.3. The van der Waals surface area contributed by atoms with Gasteiger partial charge in [0, 0.05) is 39.5 Å². The van der Waals surface area contributed by atoms with Crippen molar-refractivity contribution in [3.63, 3.8) is 0 Å². The molecular formula is C16H26N4O2. The van der Waals surface area contributed by atoms with Crippen LogP contribution in [0.25, 0.3) is 0 Å². The van der Waals surface area contributed by atoms with E-state index in [9.17, 15) is 4.79 Å². The van der Waals surface area contributed by atoms with Crippen LogP contribution in [0.1, 0.15) is 18.7 Å². The predicted molar refractivity (Wildman–Crippen MR) is 85.6 cm³/mol. The highest BCUT2D eigenvalue weighted by molar-refractivity contribution is 5.78. The fraction of sp³-hybridized carbons (Fsp3) is 0.625. The van der Waals surface area contributed by atoms with Crippen LogP contribution in [-0.4, -0.2) is 73.7 Å². The number of likely N-dealkylation sites (N-methyl/N-ethyl adjacent to an activating group) is 1. The van der Waals surface area contributed by atoms with Gasteiger partial charge in [0.1, 0.15) is 0 Å². The van der Waals surface area contributed by atoms with E-state index in [0.717, 1.165) is 38.4 Å². The monoisotopic (exact) mass is 306 g/mol. The number of nitrogens with zero attached hydrogens (tertiary/aromatic N) is 3. The highest BCUT2D eigenvalue weighted by atomic mass is 16.5. The number of hydrogen-bond donors (Lipinski definition) is 1. The van der Waals surface area contributed by atoms with Gasteiger partial charge in [0.25, 0.3) is 0 Å². The van der Waals surface area contributed by atoms with Gasteiger partial charge < -0.3 is 15.0 Å². The zero-order chi connectivity index (χ0) is 15.8. The quantitative estimate of drug-likeness (QED) is 0.796. The number of aromatic nitrogens is 1.